The molecule has 2 heterocycles. The number of anilines is 1. The van der Waals surface area contributed by atoms with Crippen molar-refractivity contribution in [3.63, 3.8) is 0 Å². The van der Waals surface area contributed by atoms with E-state index in [1.165, 1.54) is 0 Å². The maximum atomic E-state index is 5.99. The molecule has 1 aliphatic rings. The summed E-state index contributed by atoms with van der Waals surface area (Å²) in [6.45, 7) is 7.74. The molecular weight excluding hydrogens is 254 g/mol. The maximum absolute atomic E-state index is 5.99. The minimum absolute atomic E-state index is 0.00739. The third kappa shape index (κ3) is 3.60. The first-order valence-corrected chi connectivity index (χ1v) is 7.57. The molecular formula is C15H25N3O2. The predicted molar refractivity (Wildman–Crippen MR) is 79.1 cm³/mol. The highest BCUT2D eigenvalue weighted by Gasteiger charge is 2.34. The lowest BCUT2D eigenvalue weighted by Crippen LogP contribution is -2.43. The van der Waals surface area contributed by atoms with E-state index in [0.29, 0.717) is 24.5 Å². The summed E-state index contributed by atoms with van der Waals surface area (Å²) >= 11 is 0. The number of rotatable bonds is 6. The van der Waals surface area contributed by atoms with E-state index < -0.39 is 0 Å². The van der Waals surface area contributed by atoms with Gasteiger partial charge in [0.1, 0.15) is 0 Å². The van der Waals surface area contributed by atoms with E-state index in [1.807, 2.05) is 6.92 Å². The second-order valence-electron chi connectivity index (χ2n) is 5.22. The van der Waals surface area contributed by atoms with E-state index in [-0.39, 0.29) is 5.60 Å². The van der Waals surface area contributed by atoms with Crippen LogP contribution >= 0.6 is 0 Å². The van der Waals surface area contributed by atoms with E-state index in [4.69, 9.17) is 9.47 Å². The standard InChI is InChI=1S/C15H25N3O2/c1-4-15(5-2)11-12(8-10-20-15)17-14-16-9-7-13(18-14)19-6-3/h7,9,12H,4-6,8,10-11H2,1-3H3,(H,16,17,18). The van der Waals surface area contributed by atoms with Gasteiger partial charge in [-0.15, -0.1) is 0 Å². The van der Waals surface area contributed by atoms with Gasteiger partial charge in [0.2, 0.25) is 11.8 Å². The lowest BCUT2D eigenvalue weighted by molar-refractivity contribution is -0.0865. The molecule has 1 saturated heterocycles. The van der Waals surface area contributed by atoms with Crippen LogP contribution in [0.5, 0.6) is 5.88 Å². The van der Waals surface area contributed by atoms with Crippen LogP contribution in [0.3, 0.4) is 0 Å². The van der Waals surface area contributed by atoms with E-state index in [1.54, 1.807) is 12.3 Å². The third-order valence-electron chi connectivity index (χ3n) is 4.04. The Hall–Kier alpha value is -1.36. The van der Waals surface area contributed by atoms with Gasteiger partial charge in [0.05, 0.1) is 12.2 Å². The van der Waals surface area contributed by atoms with E-state index in [2.05, 4.69) is 29.1 Å². The van der Waals surface area contributed by atoms with Gasteiger partial charge in [0.15, 0.2) is 0 Å². The molecule has 0 aromatic carbocycles. The molecule has 1 aliphatic heterocycles. The van der Waals surface area contributed by atoms with Gasteiger partial charge in [-0.25, -0.2) is 4.98 Å². The van der Waals surface area contributed by atoms with Crippen LogP contribution in [-0.4, -0.2) is 34.8 Å². The van der Waals surface area contributed by atoms with Crippen molar-refractivity contribution < 1.29 is 9.47 Å². The zero-order chi connectivity index (χ0) is 14.4. The smallest absolute Gasteiger partial charge is 0.226 e. The van der Waals surface area contributed by atoms with Crippen molar-refractivity contribution in [1.82, 2.24) is 9.97 Å². The highest BCUT2D eigenvalue weighted by atomic mass is 16.5. The fourth-order valence-electron chi connectivity index (χ4n) is 2.72. The number of ether oxygens (including phenoxy) is 2. The van der Waals surface area contributed by atoms with Crippen LogP contribution in [-0.2, 0) is 4.74 Å². The molecule has 0 spiro atoms. The number of aromatic nitrogens is 2. The average Bonchev–Trinajstić information content (AvgIpc) is 2.48. The molecule has 1 aromatic heterocycles. The minimum Gasteiger partial charge on any atom is -0.478 e. The lowest BCUT2D eigenvalue weighted by Gasteiger charge is -2.40. The van der Waals surface area contributed by atoms with Crippen LogP contribution < -0.4 is 10.1 Å². The monoisotopic (exact) mass is 279 g/mol. The average molecular weight is 279 g/mol. The summed E-state index contributed by atoms with van der Waals surface area (Å²) in [6, 6.07) is 2.14. The fourth-order valence-corrected chi connectivity index (χ4v) is 2.72. The van der Waals surface area contributed by atoms with E-state index >= 15 is 0 Å². The fraction of sp³-hybridized carbons (Fsp3) is 0.733. The number of nitrogens with one attached hydrogen (secondary N) is 1. The highest BCUT2D eigenvalue weighted by Crippen LogP contribution is 2.32. The van der Waals surface area contributed by atoms with Crippen molar-refractivity contribution in [3.05, 3.63) is 12.3 Å². The van der Waals surface area contributed by atoms with Gasteiger partial charge in [-0.3, -0.25) is 0 Å². The molecule has 0 radical (unpaired) electrons. The Morgan fingerprint density at radius 3 is 2.90 bits per heavy atom. The van der Waals surface area contributed by atoms with Gasteiger partial charge in [-0.05, 0) is 32.6 Å². The normalized spacial score (nSPS) is 21.4. The Balaban J connectivity index is 2.00. The predicted octanol–water partition coefficient (Wildman–Crippen LogP) is 3.03. The van der Waals surface area contributed by atoms with Crippen molar-refractivity contribution in [2.24, 2.45) is 0 Å². The molecule has 2 rings (SSSR count). The largest absolute Gasteiger partial charge is 0.478 e. The Labute approximate surface area is 121 Å². The van der Waals surface area contributed by atoms with Crippen molar-refractivity contribution in [1.29, 1.82) is 0 Å². The zero-order valence-electron chi connectivity index (χ0n) is 12.7. The van der Waals surface area contributed by atoms with Gasteiger partial charge < -0.3 is 14.8 Å². The van der Waals surface area contributed by atoms with Crippen LogP contribution in [0.4, 0.5) is 5.95 Å². The van der Waals surface area contributed by atoms with Crippen LogP contribution in [0.2, 0.25) is 0 Å². The van der Waals surface area contributed by atoms with Crippen LogP contribution in [0.15, 0.2) is 12.3 Å². The molecule has 0 saturated carbocycles. The van der Waals surface area contributed by atoms with Crippen molar-refractivity contribution in [2.75, 3.05) is 18.5 Å². The quantitative estimate of drug-likeness (QED) is 0.867. The van der Waals surface area contributed by atoms with Gasteiger partial charge in [0.25, 0.3) is 0 Å². The Morgan fingerprint density at radius 2 is 2.20 bits per heavy atom. The molecule has 1 unspecified atom stereocenters. The molecule has 0 aliphatic carbocycles. The second kappa shape index (κ2) is 6.88. The molecule has 20 heavy (non-hydrogen) atoms. The molecule has 0 amide bonds. The molecule has 5 heteroatoms. The summed E-state index contributed by atoms with van der Waals surface area (Å²) in [5.41, 5.74) is 0.00739. The number of nitrogens with zero attached hydrogens (tertiary/aromatic N) is 2. The summed E-state index contributed by atoms with van der Waals surface area (Å²) in [5, 5.41) is 3.42. The summed E-state index contributed by atoms with van der Waals surface area (Å²) in [6.07, 6.45) is 5.81. The molecule has 112 valence electrons. The Morgan fingerprint density at radius 1 is 1.40 bits per heavy atom. The molecule has 0 bridgehead atoms. The molecule has 1 atom stereocenters. The van der Waals surface area contributed by atoms with E-state index in [9.17, 15) is 0 Å². The van der Waals surface area contributed by atoms with Gasteiger partial charge in [-0.2, -0.15) is 4.98 Å². The highest BCUT2D eigenvalue weighted by molar-refractivity contribution is 5.29. The third-order valence-corrected chi connectivity index (χ3v) is 4.04. The van der Waals surface area contributed by atoms with Crippen molar-refractivity contribution in [3.8, 4) is 5.88 Å². The zero-order valence-corrected chi connectivity index (χ0v) is 12.7. The summed E-state index contributed by atoms with van der Waals surface area (Å²) in [7, 11) is 0. The first-order valence-electron chi connectivity index (χ1n) is 7.57. The first kappa shape index (κ1) is 15.0. The van der Waals surface area contributed by atoms with E-state index in [0.717, 1.165) is 32.3 Å². The van der Waals surface area contributed by atoms with Gasteiger partial charge >= 0.3 is 0 Å². The topological polar surface area (TPSA) is 56.3 Å². The summed E-state index contributed by atoms with van der Waals surface area (Å²) in [5.74, 6) is 1.26. The Bertz CT molecular complexity index is 421. The number of hydrogen-bond acceptors (Lipinski definition) is 5. The second-order valence-corrected chi connectivity index (χ2v) is 5.22. The molecule has 5 nitrogen and oxygen atoms in total. The maximum Gasteiger partial charge on any atom is 0.226 e. The summed E-state index contributed by atoms with van der Waals surface area (Å²) < 4.78 is 11.4. The van der Waals surface area contributed by atoms with Crippen LogP contribution in [0, 0.1) is 0 Å². The molecule has 1 fully saturated rings. The number of hydrogen-bond donors (Lipinski definition) is 1. The van der Waals surface area contributed by atoms with Gasteiger partial charge in [-0.1, -0.05) is 13.8 Å². The van der Waals surface area contributed by atoms with Crippen molar-refractivity contribution in [2.45, 2.75) is 58.1 Å². The van der Waals surface area contributed by atoms with Gasteiger partial charge in [0, 0.05) is 24.9 Å². The van der Waals surface area contributed by atoms with Crippen LogP contribution in [0.1, 0.15) is 46.5 Å². The minimum atomic E-state index is 0.00739. The Kier molecular flexibility index (Phi) is 5.17. The molecule has 1 aromatic rings. The summed E-state index contributed by atoms with van der Waals surface area (Å²) in [4.78, 5) is 8.64. The lowest BCUT2D eigenvalue weighted by atomic mass is 9.86. The SMILES string of the molecule is CCOc1ccnc(NC2CCOC(CC)(CC)C2)n1. The van der Waals surface area contributed by atoms with Crippen molar-refractivity contribution >= 4 is 5.95 Å². The first-order chi connectivity index (χ1) is 9.71. The van der Waals surface area contributed by atoms with Crippen LogP contribution in [0.25, 0.3) is 0 Å². The molecule has 1 N–H and O–H groups in total.